The molecule has 0 aliphatic heterocycles. The average molecular weight is 192 g/mol. The van der Waals surface area contributed by atoms with Crippen molar-refractivity contribution >= 4 is 5.84 Å². The van der Waals surface area contributed by atoms with Gasteiger partial charge >= 0.3 is 6.18 Å². The first kappa shape index (κ1) is 9.56. The Hall–Kier alpha value is -1.53. The Bertz CT molecular complexity index is 314. The first-order chi connectivity index (χ1) is 5.88. The number of nitrogens with two attached hydrogens (primary N) is 1. The second kappa shape index (κ2) is 3.08. The zero-order chi connectivity index (χ0) is 10.1. The van der Waals surface area contributed by atoms with Gasteiger partial charge in [-0.25, -0.2) is 0 Å². The number of alkyl halides is 3. The summed E-state index contributed by atoms with van der Waals surface area (Å²) < 4.78 is 36.1. The molecule has 7 heteroatoms. The highest BCUT2D eigenvalue weighted by atomic mass is 19.4. The smallest absolute Gasteiger partial charge is 0.384 e. The average Bonchev–Trinajstić information content (AvgIpc) is 2.31. The zero-order valence-electron chi connectivity index (χ0n) is 6.47. The Morgan fingerprint density at radius 3 is 2.62 bits per heavy atom. The van der Waals surface area contributed by atoms with E-state index in [4.69, 9.17) is 11.1 Å². The van der Waals surface area contributed by atoms with Gasteiger partial charge < -0.3 is 5.73 Å². The summed E-state index contributed by atoms with van der Waals surface area (Å²) in [5.74, 6) is -0.298. The van der Waals surface area contributed by atoms with Crippen molar-refractivity contribution in [3.05, 3.63) is 18.0 Å². The van der Waals surface area contributed by atoms with Crippen LogP contribution in [0.5, 0.6) is 0 Å². The normalized spacial score (nSPS) is 11.6. The highest BCUT2D eigenvalue weighted by Crippen LogP contribution is 2.16. The number of rotatable bonds is 2. The summed E-state index contributed by atoms with van der Waals surface area (Å²) in [5.41, 5.74) is 5.22. The van der Waals surface area contributed by atoms with Gasteiger partial charge in [0.05, 0.1) is 11.8 Å². The van der Waals surface area contributed by atoms with Gasteiger partial charge in [0.2, 0.25) is 0 Å². The number of aromatic nitrogens is 2. The molecule has 0 unspecified atom stereocenters. The molecule has 1 heterocycles. The van der Waals surface area contributed by atoms with E-state index >= 15 is 0 Å². The molecule has 13 heavy (non-hydrogen) atoms. The number of halogens is 3. The second-order valence-corrected chi connectivity index (χ2v) is 2.46. The van der Waals surface area contributed by atoms with E-state index < -0.39 is 12.7 Å². The summed E-state index contributed by atoms with van der Waals surface area (Å²) in [4.78, 5) is 0. The second-order valence-electron chi connectivity index (χ2n) is 2.46. The molecule has 3 N–H and O–H groups in total. The van der Waals surface area contributed by atoms with Gasteiger partial charge in [-0.3, -0.25) is 10.1 Å². The van der Waals surface area contributed by atoms with Crippen LogP contribution >= 0.6 is 0 Å². The van der Waals surface area contributed by atoms with Gasteiger partial charge in [-0.15, -0.1) is 0 Å². The number of nitrogens with one attached hydrogen (secondary N) is 1. The number of nitrogens with zero attached hydrogens (tertiary/aromatic N) is 2. The molecule has 0 aliphatic carbocycles. The Morgan fingerprint density at radius 2 is 2.23 bits per heavy atom. The summed E-state index contributed by atoms with van der Waals surface area (Å²) >= 11 is 0. The molecule has 0 aromatic carbocycles. The highest BCUT2D eigenvalue weighted by molar-refractivity contribution is 5.94. The van der Waals surface area contributed by atoms with Crippen LogP contribution in [0.15, 0.2) is 12.4 Å². The van der Waals surface area contributed by atoms with E-state index in [0.717, 1.165) is 12.4 Å². The van der Waals surface area contributed by atoms with Crippen LogP contribution in [0.1, 0.15) is 5.56 Å². The molecule has 1 aromatic heterocycles. The molecule has 0 fully saturated rings. The van der Waals surface area contributed by atoms with Crippen molar-refractivity contribution in [1.29, 1.82) is 5.41 Å². The van der Waals surface area contributed by atoms with Crippen LogP contribution in [0.3, 0.4) is 0 Å². The van der Waals surface area contributed by atoms with E-state index in [1.54, 1.807) is 0 Å². The lowest BCUT2D eigenvalue weighted by Crippen LogP contribution is -2.18. The lowest BCUT2D eigenvalue weighted by molar-refractivity contribution is -0.142. The van der Waals surface area contributed by atoms with Crippen molar-refractivity contribution in [3.8, 4) is 0 Å². The number of amidine groups is 1. The van der Waals surface area contributed by atoms with Crippen molar-refractivity contribution in [3.63, 3.8) is 0 Å². The summed E-state index contributed by atoms with van der Waals surface area (Å²) in [5, 5.41) is 10.3. The molecule has 0 saturated heterocycles. The van der Waals surface area contributed by atoms with Crippen LogP contribution < -0.4 is 5.73 Å². The third-order valence-electron chi connectivity index (χ3n) is 1.29. The Morgan fingerprint density at radius 1 is 1.62 bits per heavy atom. The van der Waals surface area contributed by atoms with Crippen molar-refractivity contribution in [2.45, 2.75) is 12.7 Å². The SMILES string of the molecule is N=C(N)c1cnn(CC(F)(F)F)c1. The molecule has 0 radical (unpaired) electrons. The van der Waals surface area contributed by atoms with E-state index in [2.05, 4.69) is 5.10 Å². The largest absolute Gasteiger partial charge is 0.408 e. The highest BCUT2D eigenvalue weighted by Gasteiger charge is 2.28. The molecule has 0 atom stereocenters. The van der Waals surface area contributed by atoms with Crippen molar-refractivity contribution in [1.82, 2.24) is 9.78 Å². The van der Waals surface area contributed by atoms with Gasteiger partial charge in [-0.2, -0.15) is 18.3 Å². The standard InChI is InChI=1S/C6H7F3N4/c7-6(8,9)3-13-2-4(1-12-13)5(10)11/h1-2H,3H2,(H3,10,11). The predicted octanol–water partition coefficient (Wildman–Crippen LogP) is 0.729. The lowest BCUT2D eigenvalue weighted by atomic mass is 10.3. The van der Waals surface area contributed by atoms with E-state index in [1.165, 1.54) is 0 Å². The Labute approximate surface area is 71.7 Å². The summed E-state index contributed by atoms with van der Waals surface area (Å²) in [6.07, 6.45) is -2.11. The monoisotopic (exact) mass is 192 g/mol. The van der Waals surface area contributed by atoms with Gasteiger partial charge in [0.15, 0.2) is 0 Å². The third kappa shape index (κ3) is 2.77. The molecule has 0 amide bonds. The van der Waals surface area contributed by atoms with Crippen molar-refractivity contribution < 1.29 is 13.2 Å². The molecule has 72 valence electrons. The van der Waals surface area contributed by atoms with Gasteiger partial charge in [0.1, 0.15) is 12.4 Å². The first-order valence-corrected chi connectivity index (χ1v) is 3.32. The zero-order valence-corrected chi connectivity index (χ0v) is 6.47. The topological polar surface area (TPSA) is 67.7 Å². The molecule has 4 nitrogen and oxygen atoms in total. The number of hydrogen-bond acceptors (Lipinski definition) is 2. The molecule has 0 aliphatic rings. The lowest BCUT2D eigenvalue weighted by Gasteiger charge is -2.04. The van der Waals surface area contributed by atoms with Gasteiger partial charge in [0, 0.05) is 6.20 Å². The predicted molar refractivity (Wildman–Crippen MR) is 39.3 cm³/mol. The van der Waals surface area contributed by atoms with Crippen LogP contribution in [0.25, 0.3) is 0 Å². The van der Waals surface area contributed by atoms with Crippen LogP contribution in [-0.2, 0) is 6.54 Å². The van der Waals surface area contributed by atoms with Crippen LogP contribution in [-0.4, -0.2) is 21.8 Å². The summed E-state index contributed by atoms with van der Waals surface area (Å²) in [6, 6.07) is 0. The van der Waals surface area contributed by atoms with Gasteiger partial charge in [-0.05, 0) is 0 Å². The number of nitrogen functional groups attached to an aromatic ring is 1. The Kier molecular flexibility index (Phi) is 2.26. The molecule has 0 bridgehead atoms. The van der Waals surface area contributed by atoms with E-state index in [0.29, 0.717) is 4.68 Å². The molecule has 0 saturated carbocycles. The molecule has 1 rings (SSSR count). The maximum Gasteiger partial charge on any atom is 0.408 e. The van der Waals surface area contributed by atoms with Crippen LogP contribution in [0, 0.1) is 5.41 Å². The third-order valence-corrected chi connectivity index (χ3v) is 1.29. The minimum Gasteiger partial charge on any atom is -0.384 e. The maximum absolute atomic E-state index is 11.8. The van der Waals surface area contributed by atoms with Crippen molar-refractivity contribution in [2.24, 2.45) is 5.73 Å². The molecular formula is C6H7F3N4. The Balaban J connectivity index is 2.75. The number of hydrogen-bond donors (Lipinski definition) is 2. The van der Waals surface area contributed by atoms with Crippen LogP contribution in [0.4, 0.5) is 13.2 Å². The molecular weight excluding hydrogens is 185 g/mol. The van der Waals surface area contributed by atoms with E-state index in [9.17, 15) is 13.2 Å². The first-order valence-electron chi connectivity index (χ1n) is 3.32. The van der Waals surface area contributed by atoms with E-state index in [-0.39, 0.29) is 11.4 Å². The molecule has 0 spiro atoms. The fourth-order valence-corrected chi connectivity index (χ4v) is 0.773. The fourth-order valence-electron chi connectivity index (χ4n) is 0.773. The van der Waals surface area contributed by atoms with Gasteiger partial charge in [-0.1, -0.05) is 0 Å². The fraction of sp³-hybridized carbons (Fsp3) is 0.333. The van der Waals surface area contributed by atoms with Crippen LogP contribution in [0.2, 0.25) is 0 Å². The van der Waals surface area contributed by atoms with Crippen molar-refractivity contribution in [2.75, 3.05) is 0 Å². The summed E-state index contributed by atoms with van der Waals surface area (Å²) in [7, 11) is 0. The quantitative estimate of drug-likeness (QED) is 0.535. The summed E-state index contributed by atoms with van der Waals surface area (Å²) in [6.45, 7) is -1.17. The molecule has 1 aromatic rings. The minimum absolute atomic E-state index is 0.184. The minimum atomic E-state index is -4.31. The maximum atomic E-state index is 11.8. The van der Waals surface area contributed by atoms with Gasteiger partial charge in [0.25, 0.3) is 0 Å². The van der Waals surface area contributed by atoms with E-state index in [1.807, 2.05) is 0 Å².